The molecular weight excluding hydrogens is 292 g/mol. The molecule has 2 aromatic rings. The fourth-order valence-electron chi connectivity index (χ4n) is 1.09. The van der Waals surface area contributed by atoms with Gasteiger partial charge in [0.15, 0.2) is 0 Å². The molecule has 0 aromatic carbocycles. The van der Waals surface area contributed by atoms with Crippen molar-refractivity contribution in [2.75, 3.05) is 5.73 Å². The second-order valence-electron chi connectivity index (χ2n) is 2.88. The summed E-state index contributed by atoms with van der Waals surface area (Å²) in [7, 11) is 0. The zero-order chi connectivity index (χ0) is 10.7. The van der Waals surface area contributed by atoms with E-state index in [-0.39, 0.29) is 0 Å². The number of anilines is 1. The van der Waals surface area contributed by atoms with Crippen LogP contribution in [0.1, 0.15) is 4.88 Å². The maximum Gasteiger partial charge on any atom is 0.119 e. The summed E-state index contributed by atoms with van der Waals surface area (Å²) >= 11 is 6.91. The van der Waals surface area contributed by atoms with E-state index in [9.17, 15) is 0 Å². The Hall–Kier alpha value is -0.520. The number of hydrogen-bond donors (Lipinski definition) is 1. The van der Waals surface area contributed by atoms with Crippen molar-refractivity contribution in [3.05, 3.63) is 39.1 Å². The number of pyridine rings is 1. The smallest absolute Gasteiger partial charge is 0.119 e. The summed E-state index contributed by atoms with van der Waals surface area (Å²) in [5, 5.41) is 2.97. The minimum atomic E-state index is 0.746. The third-order valence-electron chi connectivity index (χ3n) is 1.83. The van der Waals surface area contributed by atoms with Gasteiger partial charge in [0.25, 0.3) is 0 Å². The number of halogens is 1. The van der Waals surface area contributed by atoms with Crippen molar-refractivity contribution in [2.45, 2.75) is 10.8 Å². The number of nitrogens with zero attached hydrogens (tertiary/aromatic N) is 1. The van der Waals surface area contributed by atoms with Crippen LogP contribution in [-0.4, -0.2) is 4.98 Å². The Morgan fingerprint density at radius 2 is 2.33 bits per heavy atom. The van der Waals surface area contributed by atoms with Gasteiger partial charge in [0.2, 0.25) is 0 Å². The molecule has 0 fully saturated rings. The third-order valence-corrected chi connectivity index (χ3v) is 4.99. The van der Waals surface area contributed by atoms with Crippen LogP contribution in [0.25, 0.3) is 0 Å². The Kier molecular flexibility index (Phi) is 3.66. The average molecular weight is 301 g/mol. The van der Waals surface area contributed by atoms with Gasteiger partial charge in [0.05, 0.1) is 5.69 Å². The van der Waals surface area contributed by atoms with E-state index in [4.69, 9.17) is 5.73 Å². The molecule has 0 radical (unpaired) electrons. The topological polar surface area (TPSA) is 38.9 Å². The van der Waals surface area contributed by atoms with Gasteiger partial charge < -0.3 is 5.73 Å². The Labute approximate surface area is 105 Å². The van der Waals surface area contributed by atoms with Crippen LogP contribution in [0.15, 0.2) is 39.3 Å². The molecule has 0 unspecified atom stereocenters. The Balaban J connectivity index is 2.06. The Morgan fingerprint density at radius 3 is 3.00 bits per heavy atom. The summed E-state index contributed by atoms with van der Waals surface area (Å²) in [4.78, 5) is 5.54. The zero-order valence-electron chi connectivity index (χ0n) is 7.81. The maximum absolute atomic E-state index is 5.81. The molecule has 2 nitrogen and oxygen atoms in total. The first kappa shape index (κ1) is 11.0. The molecule has 78 valence electrons. The molecule has 2 heterocycles. The fraction of sp³-hybridized carbons (Fsp3) is 0.100. The molecule has 2 rings (SSSR count). The van der Waals surface area contributed by atoms with E-state index in [1.54, 1.807) is 29.3 Å². The summed E-state index contributed by atoms with van der Waals surface area (Å²) in [6.45, 7) is 0. The number of rotatable bonds is 3. The first-order chi connectivity index (χ1) is 7.27. The number of thioether (sulfide) groups is 1. The second kappa shape index (κ2) is 5.01. The van der Waals surface area contributed by atoms with E-state index in [2.05, 4.69) is 32.4 Å². The lowest BCUT2D eigenvalue weighted by Crippen LogP contribution is -1.90. The number of hydrogen-bond acceptors (Lipinski definition) is 4. The summed E-state index contributed by atoms with van der Waals surface area (Å²) in [6.07, 6.45) is 1.77. The zero-order valence-corrected chi connectivity index (χ0v) is 11.0. The largest absolute Gasteiger partial charge is 0.397 e. The molecule has 0 aliphatic heterocycles. The minimum absolute atomic E-state index is 0.746. The van der Waals surface area contributed by atoms with E-state index in [0.717, 1.165) is 20.9 Å². The summed E-state index contributed by atoms with van der Waals surface area (Å²) in [5.41, 5.74) is 6.55. The lowest BCUT2D eigenvalue weighted by molar-refractivity contribution is 1.14. The highest BCUT2D eigenvalue weighted by atomic mass is 79.9. The molecule has 0 aliphatic rings. The Morgan fingerprint density at radius 1 is 1.47 bits per heavy atom. The third kappa shape index (κ3) is 2.74. The monoisotopic (exact) mass is 300 g/mol. The highest BCUT2D eigenvalue weighted by Gasteiger charge is 2.04. The van der Waals surface area contributed by atoms with E-state index < -0.39 is 0 Å². The quantitative estimate of drug-likeness (QED) is 0.877. The lowest BCUT2D eigenvalue weighted by Gasteiger charge is -2.02. The second-order valence-corrected chi connectivity index (χ2v) is 5.70. The maximum atomic E-state index is 5.81. The SMILES string of the molecule is Nc1cccnc1SCc1sccc1Br. The van der Waals surface area contributed by atoms with Crippen LogP contribution in [0.2, 0.25) is 0 Å². The van der Waals surface area contributed by atoms with Crippen LogP contribution in [0.4, 0.5) is 5.69 Å². The van der Waals surface area contributed by atoms with Gasteiger partial charge in [-0.15, -0.1) is 11.3 Å². The van der Waals surface area contributed by atoms with E-state index in [0.29, 0.717) is 0 Å². The molecule has 0 saturated carbocycles. The van der Waals surface area contributed by atoms with Crippen molar-refractivity contribution in [1.29, 1.82) is 0 Å². The van der Waals surface area contributed by atoms with E-state index in [1.807, 2.05) is 12.1 Å². The van der Waals surface area contributed by atoms with Crippen LogP contribution in [-0.2, 0) is 5.75 Å². The number of aromatic nitrogens is 1. The fourth-order valence-corrected chi connectivity index (χ4v) is 3.79. The van der Waals surface area contributed by atoms with Crippen LogP contribution >= 0.6 is 39.0 Å². The number of thiophene rings is 1. The minimum Gasteiger partial charge on any atom is -0.397 e. The van der Waals surface area contributed by atoms with Crippen molar-refractivity contribution in [3.63, 3.8) is 0 Å². The number of nitrogens with two attached hydrogens (primary N) is 1. The van der Waals surface area contributed by atoms with Gasteiger partial charge in [0.1, 0.15) is 5.03 Å². The van der Waals surface area contributed by atoms with Crippen molar-refractivity contribution < 1.29 is 0 Å². The Bertz CT molecular complexity index is 456. The summed E-state index contributed by atoms with van der Waals surface area (Å²) in [5.74, 6) is 0.902. The molecular formula is C10H9BrN2S2. The molecule has 0 atom stereocenters. The van der Waals surface area contributed by atoms with Crippen molar-refractivity contribution in [2.24, 2.45) is 0 Å². The highest BCUT2D eigenvalue weighted by molar-refractivity contribution is 9.10. The molecule has 2 N–H and O–H groups in total. The molecule has 2 aromatic heterocycles. The highest BCUT2D eigenvalue weighted by Crippen LogP contribution is 2.31. The van der Waals surface area contributed by atoms with Crippen LogP contribution < -0.4 is 5.73 Å². The van der Waals surface area contributed by atoms with Gasteiger partial charge in [-0.3, -0.25) is 0 Å². The first-order valence-electron chi connectivity index (χ1n) is 4.32. The molecule has 0 saturated heterocycles. The molecule has 0 amide bonds. The van der Waals surface area contributed by atoms with Crippen molar-refractivity contribution in [1.82, 2.24) is 4.98 Å². The van der Waals surface area contributed by atoms with E-state index >= 15 is 0 Å². The molecule has 0 bridgehead atoms. The van der Waals surface area contributed by atoms with Crippen molar-refractivity contribution in [3.8, 4) is 0 Å². The van der Waals surface area contributed by atoms with Gasteiger partial charge in [-0.2, -0.15) is 0 Å². The van der Waals surface area contributed by atoms with Gasteiger partial charge in [-0.1, -0.05) is 11.8 Å². The normalized spacial score (nSPS) is 10.5. The first-order valence-corrected chi connectivity index (χ1v) is 6.98. The predicted octanol–water partition coefficient (Wildman–Crippen LogP) is 3.78. The molecule has 0 aliphatic carbocycles. The van der Waals surface area contributed by atoms with Crippen molar-refractivity contribution >= 4 is 44.7 Å². The standard InChI is InChI=1S/C10H9BrN2S2/c11-7-3-5-14-9(7)6-15-10-8(12)2-1-4-13-10/h1-5H,6,12H2. The van der Waals surface area contributed by atoms with Crippen LogP contribution in [0.3, 0.4) is 0 Å². The predicted molar refractivity (Wildman–Crippen MR) is 70.2 cm³/mol. The molecule has 15 heavy (non-hydrogen) atoms. The van der Waals surface area contributed by atoms with Crippen LogP contribution in [0.5, 0.6) is 0 Å². The van der Waals surface area contributed by atoms with Crippen LogP contribution in [0, 0.1) is 0 Å². The van der Waals surface area contributed by atoms with Gasteiger partial charge in [-0.25, -0.2) is 4.98 Å². The van der Waals surface area contributed by atoms with E-state index in [1.165, 1.54) is 4.88 Å². The van der Waals surface area contributed by atoms with Gasteiger partial charge in [-0.05, 0) is 39.5 Å². The summed E-state index contributed by atoms with van der Waals surface area (Å²) in [6, 6.07) is 5.78. The average Bonchev–Trinajstić information content (AvgIpc) is 2.63. The number of nitrogen functional groups attached to an aromatic ring is 1. The van der Waals surface area contributed by atoms with Gasteiger partial charge in [0, 0.05) is 21.3 Å². The molecule has 0 spiro atoms. The van der Waals surface area contributed by atoms with Gasteiger partial charge >= 0.3 is 0 Å². The lowest BCUT2D eigenvalue weighted by atomic mass is 10.4. The molecule has 5 heteroatoms. The summed E-state index contributed by atoms with van der Waals surface area (Å²) < 4.78 is 1.16.